The van der Waals surface area contributed by atoms with Crippen LogP contribution in [0, 0.1) is 5.92 Å². The molecule has 1 saturated carbocycles. The van der Waals surface area contributed by atoms with Gasteiger partial charge < -0.3 is 9.88 Å². The van der Waals surface area contributed by atoms with E-state index in [9.17, 15) is 0 Å². The van der Waals surface area contributed by atoms with E-state index in [1.807, 2.05) is 0 Å². The van der Waals surface area contributed by atoms with E-state index in [0.717, 1.165) is 24.5 Å². The Bertz CT molecular complexity index is 567. The fourth-order valence-corrected chi connectivity index (χ4v) is 3.49. The molecule has 1 aliphatic rings. The van der Waals surface area contributed by atoms with Gasteiger partial charge in [-0.15, -0.1) is 0 Å². The number of nitrogens with one attached hydrogen (secondary N) is 1. The van der Waals surface area contributed by atoms with Gasteiger partial charge in [-0.1, -0.05) is 25.0 Å². The normalized spacial score (nSPS) is 17.9. The third-order valence-electron chi connectivity index (χ3n) is 4.74. The molecule has 1 aliphatic carbocycles. The molecule has 0 radical (unpaired) electrons. The fourth-order valence-electron chi connectivity index (χ4n) is 3.49. The number of hydrogen-bond donors (Lipinski definition) is 1. The quantitative estimate of drug-likeness (QED) is 0.898. The first kappa shape index (κ1) is 13.6. The number of rotatable bonds is 5. The summed E-state index contributed by atoms with van der Waals surface area (Å²) < 4.78 is 2.32. The first-order valence-electron chi connectivity index (χ1n) is 7.97. The number of nitrogens with zero attached hydrogens (tertiary/aromatic N) is 2. The summed E-state index contributed by atoms with van der Waals surface area (Å²) in [7, 11) is 0. The molecule has 0 amide bonds. The number of aryl methyl sites for hydroxylation is 1. The summed E-state index contributed by atoms with van der Waals surface area (Å²) in [6.07, 6.45) is 5.59. The summed E-state index contributed by atoms with van der Waals surface area (Å²) in [5.74, 6) is 2.02. The molecule has 108 valence electrons. The largest absolute Gasteiger partial charge is 0.327 e. The van der Waals surface area contributed by atoms with Gasteiger partial charge in [0.25, 0.3) is 0 Å². The van der Waals surface area contributed by atoms with Crippen molar-refractivity contribution in [3.05, 3.63) is 30.1 Å². The molecule has 1 heterocycles. The lowest BCUT2D eigenvalue weighted by molar-refractivity contribution is 0.375. The minimum atomic E-state index is 0.600. The van der Waals surface area contributed by atoms with Gasteiger partial charge in [0, 0.05) is 12.6 Å². The molecule has 1 fully saturated rings. The zero-order valence-electron chi connectivity index (χ0n) is 12.6. The highest BCUT2D eigenvalue weighted by molar-refractivity contribution is 5.75. The molecule has 0 bridgehead atoms. The predicted octanol–water partition coefficient (Wildman–Crippen LogP) is 3.72. The number of benzene rings is 1. The second-order valence-corrected chi connectivity index (χ2v) is 5.98. The number of para-hydroxylation sites is 2. The molecular formula is C17H25N3. The Morgan fingerprint density at radius 1 is 1.30 bits per heavy atom. The molecule has 3 heteroatoms. The molecule has 2 aromatic rings. The van der Waals surface area contributed by atoms with Crippen LogP contribution in [-0.2, 0) is 13.1 Å². The molecule has 1 aromatic carbocycles. The monoisotopic (exact) mass is 271 g/mol. The Balaban J connectivity index is 1.73. The van der Waals surface area contributed by atoms with Crippen molar-refractivity contribution in [2.45, 2.75) is 58.7 Å². The lowest BCUT2D eigenvalue weighted by Crippen LogP contribution is -2.32. The summed E-state index contributed by atoms with van der Waals surface area (Å²) >= 11 is 0. The summed E-state index contributed by atoms with van der Waals surface area (Å²) in [5.41, 5.74) is 2.36. The van der Waals surface area contributed by atoms with Crippen LogP contribution in [-0.4, -0.2) is 15.6 Å². The number of hydrogen-bond acceptors (Lipinski definition) is 2. The lowest BCUT2D eigenvalue weighted by Gasteiger charge is -2.20. The van der Waals surface area contributed by atoms with E-state index in [-0.39, 0.29) is 0 Å². The predicted molar refractivity (Wildman–Crippen MR) is 83.7 cm³/mol. The second-order valence-electron chi connectivity index (χ2n) is 5.98. The molecule has 1 atom stereocenters. The summed E-state index contributed by atoms with van der Waals surface area (Å²) in [6, 6.07) is 9.02. The minimum Gasteiger partial charge on any atom is -0.327 e. The number of imidazole rings is 1. The molecular weight excluding hydrogens is 246 g/mol. The van der Waals surface area contributed by atoms with Crippen molar-refractivity contribution in [1.29, 1.82) is 0 Å². The van der Waals surface area contributed by atoms with Gasteiger partial charge in [-0.2, -0.15) is 0 Å². The van der Waals surface area contributed by atoms with Gasteiger partial charge in [-0.05, 0) is 44.7 Å². The highest BCUT2D eigenvalue weighted by Gasteiger charge is 2.21. The highest BCUT2D eigenvalue weighted by Crippen LogP contribution is 2.27. The van der Waals surface area contributed by atoms with E-state index in [4.69, 9.17) is 4.98 Å². The number of fused-ring (bicyclic) bond motifs is 1. The first-order valence-corrected chi connectivity index (χ1v) is 7.97. The zero-order valence-corrected chi connectivity index (χ0v) is 12.6. The first-order chi connectivity index (χ1) is 9.79. The van der Waals surface area contributed by atoms with Gasteiger partial charge in [0.05, 0.1) is 17.6 Å². The molecule has 1 aromatic heterocycles. The standard InChI is InChI=1S/C17H25N3/c1-3-20-16-11-7-6-10-15(16)19-17(20)12-18-13(2)14-8-4-5-9-14/h6-7,10-11,13-14,18H,3-5,8-9,12H2,1-2H3/t13-/m1/s1. The van der Waals surface area contributed by atoms with E-state index in [1.54, 1.807) is 0 Å². The van der Waals surface area contributed by atoms with Crippen LogP contribution in [0.5, 0.6) is 0 Å². The van der Waals surface area contributed by atoms with E-state index < -0.39 is 0 Å². The third-order valence-corrected chi connectivity index (χ3v) is 4.74. The van der Waals surface area contributed by atoms with Crippen molar-refractivity contribution >= 4 is 11.0 Å². The Morgan fingerprint density at radius 3 is 2.80 bits per heavy atom. The minimum absolute atomic E-state index is 0.600. The van der Waals surface area contributed by atoms with Crippen LogP contribution in [0.15, 0.2) is 24.3 Å². The van der Waals surface area contributed by atoms with E-state index in [0.29, 0.717) is 6.04 Å². The van der Waals surface area contributed by atoms with Crippen LogP contribution in [0.3, 0.4) is 0 Å². The van der Waals surface area contributed by atoms with Crippen LogP contribution in [0.2, 0.25) is 0 Å². The Kier molecular flexibility index (Phi) is 4.06. The average Bonchev–Trinajstić information content (AvgIpc) is 3.11. The SMILES string of the molecule is CCn1c(CN[C@H](C)C2CCCC2)nc2ccccc21. The Morgan fingerprint density at radius 2 is 2.05 bits per heavy atom. The third kappa shape index (κ3) is 2.59. The van der Waals surface area contributed by atoms with Crippen molar-refractivity contribution in [3.63, 3.8) is 0 Å². The van der Waals surface area contributed by atoms with Gasteiger partial charge in [-0.25, -0.2) is 4.98 Å². The number of aromatic nitrogens is 2. The van der Waals surface area contributed by atoms with Crippen molar-refractivity contribution in [1.82, 2.24) is 14.9 Å². The zero-order chi connectivity index (χ0) is 13.9. The van der Waals surface area contributed by atoms with Gasteiger partial charge >= 0.3 is 0 Å². The van der Waals surface area contributed by atoms with E-state index in [1.165, 1.54) is 37.0 Å². The fraction of sp³-hybridized carbons (Fsp3) is 0.588. The van der Waals surface area contributed by atoms with Crippen molar-refractivity contribution < 1.29 is 0 Å². The van der Waals surface area contributed by atoms with E-state index in [2.05, 4.69) is 48.0 Å². The summed E-state index contributed by atoms with van der Waals surface area (Å²) in [5, 5.41) is 3.69. The van der Waals surface area contributed by atoms with Crippen LogP contribution < -0.4 is 5.32 Å². The maximum Gasteiger partial charge on any atom is 0.123 e. The highest BCUT2D eigenvalue weighted by atomic mass is 15.1. The molecule has 3 rings (SSSR count). The maximum absolute atomic E-state index is 4.78. The van der Waals surface area contributed by atoms with Gasteiger partial charge in [0.15, 0.2) is 0 Å². The molecule has 20 heavy (non-hydrogen) atoms. The van der Waals surface area contributed by atoms with Crippen molar-refractivity contribution in [3.8, 4) is 0 Å². The van der Waals surface area contributed by atoms with Gasteiger partial charge in [0.2, 0.25) is 0 Å². The molecule has 0 spiro atoms. The lowest BCUT2D eigenvalue weighted by atomic mass is 10.00. The van der Waals surface area contributed by atoms with E-state index >= 15 is 0 Å². The van der Waals surface area contributed by atoms with Crippen molar-refractivity contribution in [2.75, 3.05) is 0 Å². The Labute approximate surface area is 121 Å². The summed E-state index contributed by atoms with van der Waals surface area (Å²) in [4.78, 5) is 4.78. The van der Waals surface area contributed by atoms with Crippen LogP contribution in [0.1, 0.15) is 45.4 Å². The Hall–Kier alpha value is -1.35. The smallest absolute Gasteiger partial charge is 0.123 e. The molecule has 3 nitrogen and oxygen atoms in total. The van der Waals surface area contributed by atoms with Crippen LogP contribution >= 0.6 is 0 Å². The van der Waals surface area contributed by atoms with Gasteiger partial charge in [-0.3, -0.25) is 0 Å². The topological polar surface area (TPSA) is 29.9 Å². The summed E-state index contributed by atoms with van der Waals surface area (Å²) in [6.45, 7) is 6.38. The second kappa shape index (κ2) is 5.96. The molecule has 1 N–H and O–H groups in total. The van der Waals surface area contributed by atoms with Gasteiger partial charge in [0.1, 0.15) is 5.82 Å². The van der Waals surface area contributed by atoms with Crippen LogP contribution in [0.4, 0.5) is 0 Å². The molecule has 0 saturated heterocycles. The molecule has 0 unspecified atom stereocenters. The maximum atomic E-state index is 4.78. The van der Waals surface area contributed by atoms with Crippen LogP contribution in [0.25, 0.3) is 11.0 Å². The van der Waals surface area contributed by atoms with Crippen molar-refractivity contribution in [2.24, 2.45) is 5.92 Å². The molecule has 0 aliphatic heterocycles. The average molecular weight is 271 g/mol.